The van der Waals surface area contributed by atoms with E-state index >= 15 is 0 Å². The molecule has 0 aliphatic heterocycles. The molecule has 0 aliphatic rings. The Labute approximate surface area is 130 Å². The second kappa shape index (κ2) is 7.50. The fourth-order valence-electron chi connectivity index (χ4n) is 2.31. The first-order chi connectivity index (χ1) is 10.7. The molecule has 0 aliphatic carbocycles. The van der Waals surface area contributed by atoms with Crippen molar-refractivity contribution in [2.24, 2.45) is 0 Å². The van der Waals surface area contributed by atoms with Crippen molar-refractivity contribution in [3.63, 3.8) is 0 Å². The number of carbonyl (C=O) groups is 1. The van der Waals surface area contributed by atoms with E-state index in [0.29, 0.717) is 6.42 Å². The maximum atomic E-state index is 12.1. The summed E-state index contributed by atoms with van der Waals surface area (Å²) in [5.74, 6) is 0.963. The maximum absolute atomic E-state index is 12.1. The first-order valence-electron chi connectivity index (χ1n) is 7.02. The monoisotopic (exact) mass is 300 g/mol. The number of ether oxygens (including phenoxy) is 3. The average Bonchev–Trinajstić information content (AvgIpc) is 2.59. The van der Waals surface area contributed by atoms with Gasteiger partial charge in [-0.1, -0.05) is 24.3 Å². The van der Waals surface area contributed by atoms with Crippen LogP contribution in [0.4, 0.5) is 0 Å². The summed E-state index contributed by atoms with van der Waals surface area (Å²) in [6.45, 7) is 0. The second-order valence-electron chi connectivity index (χ2n) is 4.90. The minimum atomic E-state index is -0.343. The van der Waals surface area contributed by atoms with Crippen molar-refractivity contribution < 1.29 is 19.0 Å². The smallest absolute Gasteiger partial charge is 0.313 e. The lowest BCUT2D eigenvalue weighted by Gasteiger charge is -2.16. The quantitative estimate of drug-likeness (QED) is 0.769. The van der Waals surface area contributed by atoms with E-state index in [9.17, 15) is 4.79 Å². The molecule has 0 aromatic heterocycles. The number of hydrogen-bond acceptors (Lipinski definition) is 4. The van der Waals surface area contributed by atoms with Gasteiger partial charge in [0.25, 0.3) is 0 Å². The first kappa shape index (κ1) is 15.9. The van der Waals surface area contributed by atoms with Crippen LogP contribution in [0.3, 0.4) is 0 Å². The lowest BCUT2D eigenvalue weighted by molar-refractivity contribution is -0.142. The zero-order valence-electron chi connectivity index (χ0n) is 13.0. The van der Waals surface area contributed by atoms with Gasteiger partial charge in [0.15, 0.2) is 0 Å². The van der Waals surface area contributed by atoms with Crippen LogP contribution >= 0.6 is 0 Å². The highest BCUT2D eigenvalue weighted by atomic mass is 16.5. The van der Waals surface area contributed by atoms with Crippen molar-refractivity contribution >= 4 is 5.97 Å². The highest BCUT2D eigenvalue weighted by Gasteiger charge is 2.22. The van der Waals surface area contributed by atoms with E-state index in [-0.39, 0.29) is 11.9 Å². The Bertz CT molecular complexity index is 602. The van der Waals surface area contributed by atoms with E-state index in [2.05, 4.69) is 0 Å². The number of hydrogen-bond donors (Lipinski definition) is 0. The van der Waals surface area contributed by atoms with Gasteiger partial charge in [-0.05, 0) is 41.8 Å². The Balaban J connectivity index is 2.22. The lowest BCUT2D eigenvalue weighted by atomic mass is 9.92. The second-order valence-corrected chi connectivity index (χ2v) is 4.90. The molecule has 0 amide bonds. The molecule has 0 bridgehead atoms. The van der Waals surface area contributed by atoms with Crippen LogP contribution in [0.1, 0.15) is 17.0 Å². The Kier molecular flexibility index (Phi) is 5.42. The van der Waals surface area contributed by atoms with Gasteiger partial charge in [0, 0.05) is 0 Å². The van der Waals surface area contributed by atoms with Crippen molar-refractivity contribution in [2.45, 2.75) is 12.3 Å². The predicted molar refractivity (Wildman–Crippen MR) is 84.4 cm³/mol. The third-order valence-electron chi connectivity index (χ3n) is 3.60. The van der Waals surface area contributed by atoms with Crippen LogP contribution in [0, 0.1) is 0 Å². The summed E-state index contributed by atoms with van der Waals surface area (Å²) < 4.78 is 15.2. The van der Waals surface area contributed by atoms with Crippen LogP contribution in [0.25, 0.3) is 0 Å². The molecule has 0 spiro atoms. The van der Waals surface area contributed by atoms with E-state index in [1.807, 2.05) is 48.5 Å². The van der Waals surface area contributed by atoms with Gasteiger partial charge in [-0.15, -0.1) is 0 Å². The molecule has 0 radical (unpaired) electrons. The summed E-state index contributed by atoms with van der Waals surface area (Å²) >= 11 is 0. The van der Waals surface area contributed by atoms with Crippen LogP contribution in [0.5, 0.6) is 11.5 Å². The molecule has 0 saturated carbocycles. The molecule has 0 heterocycles. The minimum absolute atomic E-state index is 0.249. The van der Waals surface area contributed by atoms with E-state index < -0.39 is 0 Å². The molecule has 4 heteroatoms. The molecule has 0 saturated heterocycles. The first-order valence-corrected chi connectivity index (χ1v) is 7.02. The topological polar surface area (TPSA) is 44.8 Å². The van der Waals surface area contributed by atoms with Gasteiger partial charge in [-0.3, -0.25) is 4.79 Å². The van der Waals surface area contributed by atoms with Gasteiger partial charge in [-0.2, -0.15) is 0 Å². The fraction of sp³-hybridized carbons (Fsp3) is 0.278. The zero-order chi connectivity index (χ0) is 15.9. The van der Waals surface area contributed by atoms with Gasteiger partial charge in [0.1, 0.15) is 11.5 Å². The van der Waals surface area contributed by atoms with E-state index in [0.717, 1.165) is 22.6 Å². The molecule has 22 heavy (non-hydrogen) atoms. The molecule has 1 atom stereocenters. The van der Waals surface area contributed by atoms with E-state index in [1.54, 1.807) is 14.2 Å². The third-order valence-corrected chi connectivity index (χ3v) is 3.60. The highest BCUT2D eigenvalue weighted by molar-refractivity contribution is 5.78. The largest absolute Gasteiger partial charge is 0.497 e. The Morgan fingerprint density at radius 1 is 0.864 bits per heavy atom. The fourth-order valence-corrected chi connectivity index (χ4v) is 2.31. The van der Waals surface area contributed by atoms with Gasteiger partial charge in [-0.25, -0.2) is 0 Å². The summed E-state index contributed by atoms with van der Waals surface area (Å²) in [5.41, 5.74) is 1.95. The predicted octanol–water partition coefficient (Wildman–Crippen LogP) is 3.20. The van der Waals surface area contributed by atoms with Gasteiger partial charge in [0.05, 0.1) is 27.2 Å². The standard InChI is InChI=1S/C18H20O4/c1-20-15-8-4-13(5-9-15)12-17(18(19)22-3)14-6-10-16(21-2)11-7-14/h4-11,17H,12H2,1-3H3/t17-/m0/s1. The molecule has 0 fully saturated rings. The normalized spacial score (nSPS) is 11.6. The molecule has 2 rings (SSSR count). The van der Waals surface area contributed by atoms with Crippen LogP contribution in [0.2, 0.25) is 0 Å². The molecule has 4 nitrogen and oxygen atoms in total. The molecule has 0 unspecified atom stereocenters. The van der Waals surface area contributed by atoms with E-state index in [1.165, 1.54) is 7.11 Å². The zero-order valence-corrected chi connectivity index (χ0v) is 13.0. The average molecular weight is 300 g/mol. The number of carbonyl (C=O) groups excluding carboxylic acids is 1. The highest BCUT2D eigenvalue weighted by Crippen LogP contribution is 2.25. The molecule has 116 valence electrons. The summed E-state index contributed by atoms with van der Waals surface area (Å²) in [5, 5.41) is 0. The summed E-state index contributed by atoms with van der Waals surface area (Å²) in [6.07, 6.45) is 0.572. The number of methoxy groups -OCH3 is 3. The van der Waals surface area contributed by atoms with Crippen molar-refractivity contribution in [3.05, 3.63) is 59.7 Å². The van der Waals surface area contributed by atoms with Crippen molar-refractivity contribution in [1.29, 1.82) is 0 Å². The third kappa shape index (κ3) is 3.79. The SMILES string of the molecule is COC(=O)[C@@H](Cc1ccc(OC)cc1)c1ccc(OC)cc1. The number of benzene rings is 2. The van der Waals surface area contributed by atoms with E-state index in [4.69, 9.17) is 14.2 Å². The molecule has 0 N–H and O–H groups in total. The Morgan fingerprint density at radius 3 is 1.82 bits per heavy atom. The van der Waals surface area contributed by atoms with Crippen molar-refractivity contribution in [3.8, 4) is 11.5 Å². The van der Waals surface area contributed by atoms with Crippen LogP contribution < -0.4 is 9.47 Å². The molecular weight excluding hydrogens is 280 g/mol. The lowest BCUT2D eigenvalue weighted by Crippen LogP contribution is -2.16. The van der Waals surface area contributed by atoms with Crippen molar-refractivity contribution in [2.75, 3.05) is 21.3 Å². The number of esters is 1. The van der Waals surface area contributed by atoms with Gasteiger partial charge >= 0.3 is 5.97 Å². The Morgan fingerprint density at radius 2 is 1.36 bits per heavy atom. The number of rotatable bonds is 6. The minimum Gasteiger partial charge on any atom is -0.497 e. The molecule has 2 aromatic rings. The molecule has 2 aromatic carbocycles. The summed E-state index contributed by atoms with van der Waals surface area (Å²) in [7, 11) is 4.65. The van der Waals surface area contributed by atoms with Gasteiger partial charge in [0.2, 0.25) is 0 Å². The van der Waals surface area contributed by atoms with Gasteiger partial charge < -0.3 is 14.2 Å². The Hall–Kier alpha value is -2.49. The summed E-state index contributed by atoms with van der Waals surface area (Å²) in [6, 6.07) is 15.2. The molecular formula is C18H20O4. The van der Waals surface area contributed by atoms with Crippen LogP contribution in [0.15, 0.2) is 48.5 Å². The summed E-state index contributed by atoms with van der Waals surface area (Å²) in [4.78, 5) is 12.1. The van der Waals surface area contributed by atoms with Crippen molar-refractivity contribution in [1.82, 2.24) is 0 Å². The van der Waals surface area contributed by atoms with Crippen LogP contribution in [-0.2, 0) is 16.0 Å². The van der Waals surface area contributed by atoms with Crippen LogP contribution in [-0.4, -0.2) is 27.3 Å². The maximum Gasteiger partial charge on any atom is 0.313 e.